The van der Waals surface area contributed by atoms with Gasteiger partial charge in [-0.15, -0.1) is 0 Å². The molecular formula is C15H11F3O3. The number of benzene rings is 2. The molecule has 0 amide bonds. The van der Waals surface area contributed by atoms with Gasteiger partial charge in [0.15, 0.2) is 11.6 Å². The van der Waals surface area contributed by atoms with Gasteiger partial charge in [-0.1, -0.05) is 12.1 Å². The van der Waals surface area contributed by atoms with E-state index in [1.54, 1.807) is 12.1 Å². The van der Waals surface area contributed by atoms with Crippen molar-refractivity contribution in [2.75, 3.05) is 0 Å². The van der Waals surface area contributed by atoms with Crippen molar-refractivity contribution in [1.82, 2.24) is 0 Å². The minimum atomic E-state index is -2.75. The Labute approximate surface area is 118 Å². The first kappa shape index (κ1) is 14.9. The average Bonchev–Trinajstić information content (AvgIpc) is 2.46. The molecule has 0 radical (unpaired) electrons. The zero-order valence-corrected chi connectivity index (χ0v) is 10.7. The fraction of sp³-hybridized carbons (Fsp3) is 0.133. The summed E-state index contributed by atoms with van der Waals surface area (Å²) >= 11 is 0. The topological polar surface area (TPSA) is 46.5 Å². The molecule has 0 heterocycles. The lowest BCUT2D eigenvalue weighted by Crippen LogP contribution is -2.01. The molecule has 2 aromatic rings. The fourth-order valence-electron chi connectivity index (χ4n) is 1.73. The van der Waals surface area contributed by atoms with Gasteiger partial charge in [0.2, 0.25) is 0 Å². The van der Waals surface area contributed by atoms with Gasteiger partial charge < -0.3 is 9.84 Å². The van der Waals surface area contributed by atoms with Crippen molar-refractivity contribution in [3.05, 3.63) is 65.0 Å². The van der Waals surface area contributed by atoms with Gasteiger partial charge in [-0.05, 0) is 35.9 Å². The Morgan fingerprint density at radius 1 is 1.19 bits per heavy atom. The van der Waals surface area contributed by atoms with E-state index in [4.69, 9.17) is 9.84 Å². The molecule has 0 unspecified atom stereocenters. The van der Waals surface area contributed by atoms with Crippen LogP contribution in [0.4, 0.5) is 13.2 Å². The quantitative estimate of drug-likeness (QED) is 0.905. The van der Waals surface area contributed by atoms with Crippen molar-refractivity contribution >= 4 is 5.97 Å². The molecule has 0 aliphatic carbocycles. The van der Waals surface area contributed by atoms with Gasteiger partial charge in [-0.3, -0.25) is 0 Å². The van der Waals surface area contributed by atoms with E-state index in [-0.39, 0.29) is 17.9 Å². The molecule has 0 aliphatic rings. The number of carbonyl (C=O) groups is 1. The summed E-state index contributed by atoms with van der Waals surface area (Å²) in [5.74, 6) is -2.13. The van der Waals surface area contributed by atoms with E-state index in [1.807, 2.05) is 0 Å². The Bertz CT molecular complexity index is 656. The highest BCUT2D eigenvalue weighted by atomic mass is 19.3. The second-order valence-corrected chi connectivity index (χ2v) is 4.28. The number of rotatable bonds is 5. The van der Waals surface area contributed by atoms with Gasteiger partial charge >= 0.3 is 5.97 Å². The molecular weight excluding hydrogens is 285 g/mol. The summed E-state index contributed by atoms with van der Waals surface area (Å²) in [4.78, 5) is 10.8. The molecule has 1 N–H and O–H groups in total. The van der Waals surface area contributed by atoms with Crippen LogP contribution in [0.25, 0.3) is 0 Å². The Morgan fingerprint density at radius 3 is 2.57 bits per heavy atom. The molecule has 2 rings (SSSR count). The van der Waals surface area contributed by atoms with Gasteiger partial charge in [0.1, 0.15) is 6.61 Å². The lowest BCUT2D eigenvalue weighted by Gasteiger charge is -2.09. The summed E-state index contributed by atoms with van der Waals surface area (Å²) in [5.41, 5.74) is 0.199. The van der Waals surface area contributed by atoms with Crippen molar-refractivity contribution in [3.63, 3.8) is 0 Å². The predicted molar refractivity (Wildman–Crippen MR) is 69.1 cm³/mol. The molecule has 2 aromatic carbocycles. The first-order chi connectivity index (χ1) is 9.97. The number of alkyl halides is 2. The number of halogens is 3. The van der Waals surface area contributed by atoms with Gasteiger partial charge in [0.05, 0.1) is 5.56 Å². The number of hydrogen-bond donors (Lipinski definition) is 1. The van der Waals surface area contributed by atoms with E-state index in [1.165, 1.54) is 12.1 Å². The van der Waals surface area contributed by atoms with E-state index in [0.29, 0.717) is 11.6 Å². The van der Waals surface area contributed by atoms with Gasteiger partial charge in [0.25, 0.3) is 6.43 Å². The van der Waals surface area contributed by atoms with Crippen LogP contribution in [0.1, 0.15) is 27.9 Å². The van der Waals surface area contributed by atoms with Gasteiger partial charge in [-0.25, -0.2) is 18.0 Å². The van der Waals surface area contributed by atoms with Gasteiger partial charge in [0, 0.05) is 5.56 Å². The number of ether oxygens (including phenoxy) is 1. The van der Waals surface area contributed by atoms with E-state index in [2.05, 4.69) is 0 Å². The van der Waals surface area contributed by atoms with Crippen LogP contribution in [-0.2, 0) is 6.61 Å². The fourth-order valence-corrected chi connectivity index (χ4v) is 1.73. The summed E-state index contributed by atoms with van der Waals surface area (Å²) in [7, 11) is 0. The van der Waals surface area contributed by atoms with E-state index >= 15 is 0 Å². The highest BCUT2D eigenvalue weighted by Gasteiger charge is 2.12. The standard InChI is InChI=1S/C15H11F3O3/c16-12-7-10(14(17)18)4-5-13(12)21-8-9-2-1-3-11(6-9)15(19)20/h1-7,14H,8H2,(H,19,20). The number of hydrogen-bond acceptors (Lipinski definition) is 2. The Kier molecular flexibility index (Phi) is 4.47. The first-order valence-electron chi connectivity index (χ1n) is 6.00. The van der Waals surface area contributed by atoms with Crippen LogP contribution >= 0.6 is 0 Å². The average molecular weight is 296 g/mol. The summed E-state index contributed by atoms with van der Waals surface area (Å²) in [5, 5.41) is 8.85. The van der Waals surface area contributed by atoms with Crippen molar-refractivity contribution in [3.8, 4) is 5.75 Å². The summed E-state index contributed by atoms with van der Waals surface area (Å²) < 4.78 is 43.5. The number of carboxylic acids is 1. The summed E-state index contributed by atoms with van der Waals surface area (Å²) in [6, 6.07) is 8.90. The molecule has 0 fully saturated rings. The van der Waals surface area contributed by atoms with Crippen LogP contribution in [0.15, 0.2) is 42.5 Å². The highest BCUT2D eigenvalue weighted by Crippen LogP contribution is 2.25. The molecule has 6 heteroatoms. The van der Waals surface area contributed by atoms with Crippen LogP contribution in [0.3, 0.4) is 0 Å². The van der Waals surface area contributed by atoms with E-state index < -0.39 is 23.8 Å². The molecule has 0 bridgehead atoms. The molecule has 0 aromatic heterocycles. The Balaban J connectivity index is 2.09. The molecule has 0 atom stereocenters. The Hall–Kier alpha value is -2.50. The minimum absolute atomic E-state index is 0.0634. The normalized spacial score (nSPS) is 10.7. The zero-order valence-electron chi connectivity index (χ0n) is 10.7. The van der Waals surface area contributed by atoms with Crippen LogP contribution in [0.5, 0.6) is 5.75 Å². The van der Waals surface area contributed by atoms with Crippen LogP contribution in [-0.4, -0.2) is 11.1 Å². The highest BCUT2D eigenvalue weighted by molar-refractivity contribution is 5.87. The summed E-state index contributed by atoms with van der Waals surface area (Å²) in [6.07, 6.45) is -2.75. The van der Waals surface area contributed by atoms with E-state index in [0.717, 1.165) is 12.1 Å². The maximum atomic E-state index is 13.6. The molecule has 110 valence electrons. The third kappa shape index (κ3) is 3.75. The third-order valence-corrected chi connectivity index (χ3v) is 2.78. The predicted octanol–water partition coefficient (Wildman–Crippen LogP) is 4.04. The SMILES string of the molecule is O=C(O)c1cccc(COc2ccc(C(F)F)cc2F)c1. The molecule has 0 saturated carbocycles. The maximum absolute atomic E-state index is 13.6. The molecule has 0 aliphatic heterocycles. The second-order valence-electron chi connectivity index (χ2n) is 4.28. The van der Waals surface area contributed by atoms with Crippen molar-refractivity contribution < 1.29 is 27.8 Å². The van der Waals surface area contributed by atoms with Crippen molar-refractivity contribution in [2.24, 2.45) is 0 Å². The molecule has 21 heavy (non-hydrogen) atoms. The molecule has 0 spiro atoms. The Morgan fingerprint density at radius 2 is 1.95 bits per heavy atom. The van der Waals surface area contributed by atoms with Crippen LogP contribution in [0, 0.1) is 5.82 Å². The van der Waals surface area contributed by atoms with Crippen molar-refractivity contribution in [2.45, 2.75) is 13.0 Å². The second kappa shape index (κ2) is 6.30. The third-order valence-electron chi connectivity index (χ3n) is 2.78. The zero-order chi connectivity index (χ0) is 15.4. The monoisotopic (exact) mass is 296 g/mol. The van der Waals surface area contributed by atoms with Gasteiger partial charge in [-0.2, -0.15) is 0 Å². The number of aromatic carboxylic acids is 1. The number of carboxylic acid groups (broad SMARTS) is 1. The van der Waals surface area contributed by atoms with E-state index in [9.17, 15) is 18.0 Å². The minimum Gasteiger partial charge on any atom is -0.486 e. The van der Waals surface area contributed by atoms with Crippen molar-refractivity contribution in [1.29, 1.82) is 0 Å². The summed E-state index contributed by atoms with van der Waals surface area (Å²) in [6.45, 7) is -0.0634. The first-order valence-corrected chi connectivity index (χ1v) is 6.00. The lowest BCUT2D eigenvalue weighted by molar-refractivity contribution is 0.0696. The molecule has 0 saturated heterocycles. The largest absolute Gasteiger partial charge is 0.486 e. The van der Waals surface area contributed by atoms with Crippen LogP contribution < -0.4 is 4.74 Å². The lowest BCUT2D eigenvalue weighted by atomic mass is 10.1. The van der Waals surface area contributed by atoms with Crippen LogP contribution in [0.2, 0.25) is 0 Å². The smallest absolute Gasteiger partial charge is 0.335 e. The maximum Gasteiger partial charge on any atom is 0.335 e. The molecule has 3 nitrogen and oxygen atoms in total.